The zero-order chi connectivity index (χ0) is 13.1. The molecule has 0 aromatic heterocycles. The van der Waals surface area contributed by atoms with Crippen molar-refractivity contribution in [1.29, 1.82) is 0 Å². The molecule has 4 nitrogen and oxygen atoms in total. The minimum atomic E-state index is -1.30. The predicted molar refractivity (Wildman–Crippen MR) is 68.9 cm³/mol. The minimum Gasteiger partial charge on any atom is -0.478 e. The fourth-order valence-electron chi connectivity index (χ4n) is 0.979. The van der Waals surface area contributed by atoms with E-state index in [4.69, 9.17) is 5.11 Å². The molecule has 0 aliphatic heterocycles. The van der Waals surface area contributed by atoms with E-state index in [2.05, 4.69) is 4.40 Å². The fourth-order valence-corrected chi connectivity index (χ4v) is 1.51. The van der Waals surface area contributed by atoms with Gasteiger partial charge in [0.1, 0.15) is 11.0 Å². The smallest absolute Gasteiger partial charge is 0.335 e. The summed E-state index contributed by atoms with van der Waals surface area (Å²) in [5.41, 5.74) is 0.951. The minimum absolute atomic E-state index is 0.221. The van der Waals surface area contributed by atoms with Crippen molar-refractivity contribution in [1.82, 2.24) is 0 Å². The lowest BCUT2D eigenvalue weighted by atomic mass is 10.1. The molecule has 1 rings (SSSR count). The molecule has 0 unspecified atom stereocenters. The van der Waals surface area contributed by atoms with Crippen molar-refractivity contribution < 1.29 is 14.1 Å². The van der Waals surface area contributed by atoms with E-state index < -0.39 is 21.7 Å². The largest absolute Gasteiger partial charge is 0.478 e. The van der Waals surface area contributed by atoms with E-state index in [0.717, 1.165) is 5.56 Å². The number of carbonyl (C=O) groups is 1. The predicted octanol–water partition coefficient (Wildman–Crippen LogP) is 2.27. The van der Waals surface area contributed by atoms with Crippen LogP contribution in [0.3, 0.4) is 0 Å². The Morgan fingerprint density at radius 1 is 1.29 bits per heavy atom. The molecule has 0 radical (unpaired) electrons. The molecule has 0 amide bonds. The number of carboxylic acid groups (broad SMARTS) is 1. The maximum Gasteiger partial charge on any atom is 0.335 e. The second-order valence-corrected chi connectivity index (χ2v) is 6.46. The summed E-state index contributed by atoms with van der Waals surface area (Å²) in [6, 6.07) is 6.24. The van der Waals surface area contributed by atoms with Crippen molar-refractivity contribution in [2.45, 2.75) is 25.5 Å². The van der Waals surface area contributed by atoms with E-state index in [1.807, 2.05) is 20.8 Å². The molecule has 0 heterocycles. The summed E-state index contributed by atoms with van der Waals surface area (Å²) >= 11 is 0. The highest BCUT2D eigenvalue weighted by Gasteiger charge is 2.18. The Balaban J connectivity index is 2.80. The van der Waals surface area contributed by atoms with Crippen LogP contribution in [0.2, 0.25) is 0 Å². The van der Waals surface area contributed by atoms with Gasteiger partial charge in [0.05, 0.1) is 10.3 Å². The Kier molecular flexibility index (Phi) is 4.17. The molecule has 92 valence electrons. The molecular weight excluding hydrogens is 238 g/mol. The highest BCUT2D eigenvalue weighted by atomic mass is 32.2. The van der Waals surface area contributed by atoms with Crippen LogP contribution in [0.5, 0.6) is 0 Å². The van der Waals surface area contributed by atoms with Crippen LogP contribution in [0.4, 0.5) is 0 Å². The molecule has 0 saturated heterocycles. The van der Waals surface area contributed by atoms with E-state index >= 15 is 0 Å². The summed E-state index contributed by atoms with van der Waals surface area (Å²) < 4.78 is 15.2. The third-order valence-electron chi connectivity index (χ3n) is 1.98. The van der Waals surface area contributed by atoms with E-state index in [1.165, 1.54) is 18.3 Å². The standard InChI is InChI=1S/C12H15NO3S/c1-12(2,3)17(16)13-8-9-4-6-10(7-5-9)11(14)15/h4-8H,1-3H3,(H,14,15)/t17-/m1/s1. The van der Waals surface area contributed by atoms with Gasteiger partial charge in [0.25, 0.3) is 0 Å². The van der Waals surface area contributed by atoms with E-state index in [9.17, 15) is 9.00 Å². The average molecular weight is 253 g/mol. The highest BCUT2D eigenvalue weighted by Crippen LogP contribution is 2.12. The van der Waals surface area contributed by atoms with Crippen LogP contribution in [0.25, 0.3) is 0 Å². The SMILES string of the molecule is CC(C)(C)[S@@](=O)N=Cc1ccc(C(=O)O)cc1. The van der Waals surface area contributed by atoms with Gasteiger partial charge in [-0.05, 0) is 38.5 Å². The number of nitrogens with zero attached hydrogens (tertiary/aromatic N) is 1. The molecular formula is C12H15NO3S. The van der Waals surface area contributed by atoms with E-state index in [0.29, 0.717) is 0 Å². The summed E-state index contributed by atoms with van der Waals surface area (Å²) in [4.78, 5) is 10.6. The van der Waals surface area contributed by atoms with Gasteiger partial charge in [-0.3, -0.25) is 0 Å². The Morgan fingerprint density at radius 2 is 1.82 bits per heavy atom. The number of hydrogen-bond acceptors (Lipinski definition) is 2. The second-order valence-electron chi connectivity index (χ2n) is 4.52. The number of hydrogen-bond donors (Lipinski definition) is 1. The van der Waals surface area contributed by atoms with Gasteiger partial charge in [0.15, 0.2) is 0 Å². The van der Waals surface area contributed by atoms with Crippen LogP contribution in [-0.2, 0) is 11.0 Å². The topological polar surface area (TPSA) is 66.7 Å². The van der Waals surface area contributed by atoms with Crippen molar-refractivity contribution >= 4 is 23.2 Å². The zero-order valence-electron chi connectivity index (χ0n) is 10.0. The van der Waals surface area contributed by atoms with Gasteiger partial charge < -0.3 is 5.11 Å². The summed E-state index contributed by atoms with van der Waals surface area (Å²) in [6.07, 6.45) is 1.49. The summed E-state index contributed by atoms with van der Waals surface area (Å²) in [5.74, 6) is -0.966. The fraction of sp³-hybridized carbons (Fsp3) is 0.333. The molecule has 5 heteroatoms. The van der Waals surface area contributed by atoms with Crippen LogP contribution in [-0.4, -0.2) is 26.2 Å². The van der Waals surface area contributed by atoms with Gasteiger partial charge >= 0.3 is 5.97 Å². The number of carboxylic acids is 1. The Hall–Kier alpha value is -1.49. The number of aromatic carboxylic acids is 1. The van der Waals surface area contributed by atoms with Gasteiger partial charge in [-0.15, -0.1) is 0 Å². The first-order valence-electron chi connectivity index (χ1n) is 5.10. The molecule has 1 aromatic carbocycles. The quantitative estimate of drug-likeness (QED) is 0.840. The molecule has 0 fully saturated rings. The van der Waals surface area contributed by atoms with Gasteiger partial charge in [-0.25, -0.2) is 9.00 Å². The first-order chi connectivity index (χ1) is 7.80. The zero-order valence-corrected chi connectivity index (χ0v) is 10.8. The van der Waals surface area contributed by atoms with Gasteiger partial charge in [0, 0.05) is 6.21 Å². The molecule has 0 aliphatic rings. The van der Waals surface area contributed by atoms with Crippen molar-refractivity contribution in [3.05, 3.63) is 35.4 Å². The van der Waals surface area contributed by atoms with Crippen LogP contribution in [0.15, 0.2) is 28.7 Å². The van der Waals surface area contributed by atoms with Crippen LogP contribution in [0.1, 0.15) is 36.7 Å². The first kappa shape index (κ1) is 13.6. The third-order valence-corrected chi connectivity index (χ3v) is 3.32. The lowest BCUT2D eigenvalue weighted by Crippen LogP contribution is -2.19. The van der Waals surface area contributed by atoms with E-state index in [-0.39, 0.29) is 5.56 Å². The normalized spacial score (nSPS) is 13.8. The van der Waals surface area contributed by atoms with Gasteiger partial charge in [-0.2, -0.15) is 4.40 Å². The maximum absolute atomic E-state index is 11.6. The molecule has 0 saturated carbocycles. The molecule has 1 aromatic rings. The molecule has 0 aliphatic carbocycles. The van der Waals surface area contributed by atoms with Gasteiger partial charge in [0.2, 0.25) is 0 Å². The second kappa shape index (κ2) is 5.23. The number of rotatable bonds is 3. The van der Waals surface area contributed by atoms with E-state index in [1.54, 1.807) is 12.1 Å². The van der Waals surface area contributed by atoms with Crippen LogP contribution >= 0.6 is 0 Å². The van der Waals surface area contributed by atoms with Crippen LogP contribution in [0, 0.1) is 0 Å². The summed E-state index contributed by atoms with van der Waals surface area (Å²) in [5, 5.41) is 8.72. The molecule has 1 N–H and O–H groups in total. The highest BCUT2D eigenvalue weighted by molar-refractivity contribution is 7.85. The van der Waals surface area contributed by atoms with Crippen molar-refractivity contribution in [3.63, 3.8) is 0 Å². The molecule has 0 bridgehead atoms. The van der Waals surface area contributed by atoms with Crippen LogP contribution < -0.4 is 0 Å². The summed E-state index contributed by atoms with van der Waals surface area (Å²) in [6.45, 7) is 5.52. The first-order valence-corrected chi connectivity index (χ1v) is 6.21. The third kappa shape index (κ3) is 4.11. The Bertz CT molecular complexity index is 458. The monoisotopic (exact) mass is 253 g/mol. The molecule has 1 atom stereocenters. The lowest BCUT2D eigenvalue weighted by Gasteiger charge is -2.12. The molecule has 0 spiro atoms. The lowest BCUT2D eigenvalue weighted by molar-refractivity contribution is 0.0697. The number of benzene rings is 1. The van der Waals surface area contributed by atoms with Crippen molar-refractivity contribution in [2.75, 3.05) is 0 Å². The van der Waals surface area contributed by atoms with Gasteiger partial charge in [-0.1, -0.05) is 12.1 Å². The maximum atomic E-state index is 11.6. The summed E-state index contributed by atoms with van der Waals surface area (Å²) in [7, 11) is -1.30. The Morgan fingerprint density at radius 3 is 2.24 bits per heavy atom. The van der Waals surface area contributed by atoms with Crippen molar-refractivity contribution in [2.24, 2.45) is 4.40 Å². The average Bonchev–Trinajstić information content (AvgIpc) is 2.25. The molecule has 17 heavy (non-hydrogen) atoms. The Labute approximate surface area is 103 Å². The van der Waals surface area contributed by atoms with Crippen molar-refractivity contribution in [3.8, 4) is 0 Å².